The second-order valence-corrected chi connectivity index (χ2v) is 8.21. The summed E-state index contributed by atoms with van der Waals surface area (Å²) in [5, 5.41) is 14.1. The molecule has 5 amide bonds. The first-order chi connectivity index (χ1) is 16.5. The summed E-state index contributed by atoms with van der Waals surface area (Å²) in [6.45, 7) is 0.140. The molecule has 0 bridgehead atoms. The van der Waals surface area contributed by atoms with Gasteiger partial charge in [-0.05, 0) is 19.3 Å². The zero-order chi connectivity index (χ0) is 26.1. The van der Waals surface area contributed by atoms with E-state index in [4.69, 9.17) is 17.2 Å². The van der Waals surface area contributed by atoms with E-state index in [1.807, 2.05) is 0 Å². The summed E-state index contributed by atoms with van der Waals surface area (Å²) in [5.41, 5.74) is 16.8. The molecular weight excluding hydrogens is 464 g/mol. The lowest BCUT2D eigenvalue weighted by molar-refractivity contribution is -0.145. The van der Waals surface area contributed by atoms with Crippen molar-refractivity contribution in [3.63, 3.8) is 0 Å². The third-order valence-electron chi connectivity index (χ3n) is 5.48. The van der Waals surface area contributed by atoms with Crippen molar-refractivity contribution in [3.8, 4) is 0 Å². The number of nitrogens with zero attached hydrogens (tertiary/aromatic N) is 2. The van der Waals surface area contributed by atoms with Gasteiger partial charge in [0.05, 0.1) is 18.8 Å². The van der Waals surface area contributed by atoms with E-state index in [0.717, 1.165) is 4.90 Å². The molecular formula is C20H30N8O7. The fraction of sp³-hybridized carbons (Fsp3) is 0.550. The van der Waals surface area contributed by atoms with Gasteiger partial charge in [-0.2, -0.15) is 0 Å². The molecule has 1 aliphatic heterocycles. The standard InChI is InChI=1S/C20H30N8O7/c21-11(6-10-8-24-9-25-10)17(31)27-13(7-16(23)30)19(33)28-5-1-2-14(28)18(32)26-12(20(34)35)3-4-15(22)29/h8-9,11-14H,1-7,21H2,(H2,22,29)(H2,23,30)(H,24,25)(H,26,32)(H,27,31)(H,34,35). The van der Waals surface area contributed by atoms with Crippen LogP contribution >= 0.6 is 0 Å². The maximum absolute atomic E-state index is 13.2. The predicted octanol–water partition coefficient (Wildman–Crippen LogP) is -3.53. The molecule has 1 saturated heterocycles. The molecule has 1 aliphatic rings. The number of aromatic amines is 1. The average Bonchev–Trinajstić information content (AvgIpc) is 3.46. The first-order valence-corrected chi connectivity index (χ1v) is 10.9. The Balaban J connectivity index is 2.09. The minimum atomic E-state index is -1.38. The van der Waals surface area contributed by atoms with E-state index in [1.54, 1.807) is 0 Å². The van der Waals surface area contributed by atoms with Gasteiger partial charge in [-0.25, -0.2) is 9.78 Å². The Hall–Kier alpha value is -4.01. The van der Waals surface area contributed by atoms with Crippen LogP contribution in [0.2, 0.25) is 0 Å². The number of amides is 5. The summed E-state index contributed by atoms with van der Waals surface area (Å²) in [4.78, 5) is 80.3. The summed E-state index contributed by atoms with van der Waals surface area (Å²) in [7, 11) is 0. The van der Waals surface area contributed by atoms with Crippen LogP contribution in [0.3, 0.4) is 0 Å². The molecule has 1 aromatic rings. The summed E-state index contributed by atoms with van der Waals surface area (Å²) in [6, 6.07) is -4.85. The van der Waals surface area contributed by atoms with Gasteiger partial charge in [-0.1, -0.05) is 0 Å². The molecule has 0 radical (unpaired) electrons. The number of hydrogen-bond donors (Lipinski definition) is 7. The summed E-state index contributed by atoms with van der Waals surface area (Å²) in [6.07, 6.45) is 2.67. The highest BCUT2D eigenvalue weighted by Crippen LogP contribution is 2.20. The molecule has 2 rings (SSSR count). The number of aromatic nitrogens is 2. The lowest BCUT2D eigenvalue weighted by atomic mass is 10.1. The first kappa shape index (κ1) is 27.2. The number of carboxylic acid groups (broad SMARTS) is 1. The Morgan fingerprint density at radius 2 is 1.86 bits per heavy atom. The number of carbonyl (C=O) groups is 6. The van der Waals surface area contributed by atoms with E-state index in [-0.39, 0.29) is 32.2 Å². The number of carboxylic acids is 1. The molecule has 1 aromatic heterocycles. The van der Waals surface area contributed by atoms with Crippen LogP contribution in [-0.4, -0.2) is 86.2 Å². The van der Waals surface area contributed by atoms with Gasteiger partial charge >= 0.3 is 5.97 Å². The molecule has 10 N–H and O–H groups in total. The monoisotopic (exact) mass is 494 g/mol. The number of hydrogen-bond acceptors (Lipinski definition) is 8. The molecule has 192 valence electrons. The van der Waals surface area contributed by atoms with Crippen LogP contribution in [-0.2, 0) is 35.2 Å². The largest absolute Gasteiger partial charge is 0.480 e. The minimum absolute atomic E-state index is 0.0972. The predicted molar refractivity (Wildman–Crippen MR) is 119 cm³/mol. The normalized spacial score (nSPS) is 17.7. The smallest absolute Gasteiger partial charge is 0.326 e. The highest BCUT2D eigenvalue weighted by Gasteiger charge is 2.39. The van der Waals surface area contributed by atoms with Crippen molar-refractivity contribution >= 4 is 35.5 Å². The number of H-pyrrole nitrogens is 1. The minimum Gasteiger partial charge on any atom is -0.480 e. The number of carbonyl (C=O) groups excluding carboxylic acids is 5. The lowest BCUT2D eigenvalue weighted by Gasteiger charge is -2.29. The van der Waals surface area contributed by atoms with Gasteiger partial charge in [-0.3, -0.25) is 24.0 Å². The van der Waals surface area contributed by atoms with E-state index < -0.39 is 66.1 Å². The van der Waals surface area contributed by atoms with Crippen LogP contribution in [0, 0.1) is 0 Å². The molecule has 35 heavy (non-hydrogen) atoms. The lowest BCUT2D eigenvalue weighted by Crippen LogP contribution is -2.57. The van der Waals surface area contributed by atoms with Gasteiger partial charge in [0.2, 0.25) is 29.5 Å². The number of aliphatic carboxylic acids is 1. The number of nitrogens with two attached hydrogens (primary N) is 3. The average molecular weight is 495 g/mol. The van der Waals surface area contributed by atoms with Gasteiger partial charge in [0.25, 0.3) is 0 Å². The van der Waals surface area contributed by atoms with E-state index in [9.17, 15) is 33.9 Å². The topological polar surface area (TPSA) is 257 Å². The highest BCUT2D eigenvalue weighted by molar-refractivity contribution is 5.96. The number of rotatable bonds is 13. The van der Waals surface area contributed by atoms with Crippen molar-refractivity contribution in [2.45, 2.75) is 62.7 Å². The SMILES string of the molecule is NC(=O)CCC(NC(=O)C1CCCN1C(=O)C(CC(N)=O)NC(=O)C(N)Cc1cnc[nH]1)C(=O)O. The quantitative estimate of drug-likeness (QED) is 0.143. The van der Waals surface area contributed by atoms with Gasteiger partial charge in [0.1, 0.15) is 18.1 Å². The van der Waals surface area contributed by atoms with E-state index in [1.165, 1.54) is 12.5 Å². The van der Waals surface area contributed by atoms with Crippen molar-refractivity contribution in [1.29, 1.82) is 0 Å². The molecule has 0 saturated carbocycles. The molecule has 1 fully saturated rings. The fourth-order valence-electron chi connectivity index (χ4n) is 3.72. The van der Waals surface area contributed by atoms with Crippen molar-refractivity contribution in [1.82, 2.24) is 25.5 Å². The molecule has 15 nitrogen and oxygen atoms in total. The van der Waals surface area contributed by atoms with Gasteiger partial charge < -0.3 is 42.8 Å². The van der Waals surface area contributed by atoms with Crippen LogP contribution in [0.5, 0.6) is 0 Å². The Morgan fingerprint density at radius 3 is 2.43 bits per heavy atom. The Kier molecular flexibility index (Phi) is 9.69. The second-order valence-electron chi connectivity index (χ2n) is 8.21. The fourth-order valence-corrected chi connectivity index (χ4v) is 3.72. The van der Waals surface area contributed by atoms with Crippen LogP contribution in [0.1, 0.15) is 37.8 Å². The maximum atomic E-state index is 13.2. The molecule has 0 aromatic carbocycles. The molecule has 2 heterocycles. The molecule has 0 aliphatic carbocycles. The van der Waals surface area contributed by atoms with E-state index in [2.05, 4.69) is 20.6 Å². The highest BCUT2D eigenvalue weighted by atomic mass is 16.4. The van der Waals surface area contributed by atoms with Crippen molar-refractivity contribution in [2.24, 2.45) is 17.2 Å². The molecule has 15 heteroatoms. The van der Waals surface area contributed by atoms with Crippen LogP contribution in [0.25, 0.3) is 0 Å². The first-order valence-electron chi connectivity index (χ1n) is 10.9. The van der Waals surface area contributed by atoms with Gasteiger partial charge in [-0.15, -0.1) is 0 Å². The maximum Gasteiger partial charge on any atom is 0.326 e. The summed E-state index contributed by atoms with van der Waals surface area (Å²) < 4.78 is 0. The second kappa shape index (κ2) is 12.5. The summed E-state index contributed by atoms with van der Waals surface area (Å²) >= 11 is 0. The number of likely N-dealkylation sites (tertiary alicyclic amines) is 1. The Morgan fingerprint density at radius 1 is 1.14 bits per heavy atom. The Labute approximate surface area is 200 Å². The zero-order valence-corrected chi connectivity index (χ0v) is 18.9. The zero-order valence-electron chi connectivity index (χ0n) is 18.9. The number of primary amides is 2. The molecule has 4 atom stereocenters. The third-order valence-corrected chi connectivity index (χ3v) is 5.48. The Bertz CT molecular complexity index is 951. The number of nitrogens with one attached hydrogen (secondary N) is 3. The van der Waals surface area contributed by atoms with E-state index in [0.29, 0.717) is 12.1 Å². The third kappa shape index (κ3) is 8.06. The van der Waals surface area contributed by atoms with Crippen molar-refractivity contribution in [2.75, 3.05) is 6.54 Å². The van der Waals surface area contributed by atoms with Gasteiger partial charge in [0.15, 0.2) is 0 Å². The molecule has 4 unspecified atom stereocenters. The van der Waals surface area contributed by atoms with Crippen molar-refractivity contribution < 1.29 is 33.9 Å². The van der Waals surface area contributed by atoms with Crippen LogP contribution < -0.4 is 27.8 Å². The van der Waals surface area contributed by atoms with E-state index >= 15 is 0 Å². The number of imidazole rings is 1. The van der Waals surface area contributed by atoms with Crippen LogP contribution in [0.15, 0.2) is 12.5 Å². The molecule has 0 spiro atoms. The van der Waals surface area contributed by atoms with Crippen molar-refractivity contribution in [3.05, 3.63) is 18.2 Å². The van der Waals surface area contributed by atoms with Gasteiger partial charge in [0, 0.05) is 31.3 Å². The van der Waals surface area contributed by atoms with Crippen LogP contribution in [0.4, 0.5) is 0 Å². The summed E-state index contributed by atoms with van der Waals surface area (Å²) in [5.74, 6) is -5.12.